The molecule has 7 nitrogen and oxygen atoms in total. The highest BCUT2D eigenvalue weighted by atomic mass is 32.2. The van der Waals surface area contributed by atoms with Gasteiger partial charge in [0.1, 0.15) is 5.75 Å². The molecule has 0 radical (unpaired) electrons. The number of rotatable bonds is 8. The van der Waals surface area contributed by atoms with Crippen molar-refractivity contribution < 1.29 is 9.53 Å². The summed E-state index contributed by atoms with van der Waals surface area (Å²) in [6.45, 7) is 2.49. The molecule has 3 aromatic rings. The quantitative estimate of drug-likeness (QED) is 0.482. The number of carbonyl (C=O) groups excluding carboxylic acids is 1. The summed E-state index contributed by atoms with van der Waals surface area (Å²) < 4.78 is 7.64. The van der Waals surface area contributed by atoms with Gasteiger partial charge in [0.15, 0.2) is 5.16 Å². The van der Waals surface area contributed by atoms with Gasteiger partial charge < -0.3 is 14.5 Å². The second kappa shape index (κ2) is 10.5. The predicted octanol–water partition coefficient (Wildman–Crippen LogP) is 4.02. The van der Waals surface area contributed by atoms with Crippen molar-refractivity contribution >= 4 is 23.6 Å². The van der Waals surface area contributed by atoms with Gasteiger partial charge in [0, 0.05) is 26.7 Å². The van der Waals surface area contributed by atoms with Crippen LogP contribution < -0.4 is 9.64 Å². The van der Waals surface area contributed by atoms with E-state index in [4.69, 9.17) is 4.74 Å². The number of hydrogen-bond donors (Lipinski definition) is 0. The van der Waals surface area contributed by atoms with E-state index in [-0.39, 0.29) is 11.7 Å². The highest BCUT2D eigenvalue weighted by molar-refractivity contribution is 7.99. The van der Waals surface area contributed by atoms with Gasteiger partial charge in [-0.05, 0) is 37.0 Å². The van der Waals surface area contributed by atoms with Gasteiger partial charge in [0.2, 0.25) is 11.9 Å². The fraction of sp³-hybridized carbons (Fsp3) is 0.375. The van der Waals surface area contributed by atoms with Crippen molar-refractivity contribution in [3.63, 3.8) is 0 Å². The fourth-order valence-corrected chi connectivity index (χ4v) is 4.74. The van der Waals surface area contributed by atoms with Crippen LogP contribution in [0.1, 0.15) is 24.8 Å². The SMILES string of the molecule is COc1ccccc1-n1c(SCC(=O)N(C)Cc2ccccc2)nnc1N1CCCCC1. The van der Waals surface area contributed by atoms with E-state index >= 15 is 0 Å². The van der Waals surface area contributed by atoms with E-state index in [9.17, 15) is 4.79 Å². The zero-order valence-electron chi connectivity index (χ0n) is 18.6. The minimum atomic E-state index is 0.0490. The van der Waals surface area contributed by atoms with E-state index in [2.05, 4.69) is 15.1 Å². The van der Waals surface area contributed by atoms with Gasteiger partial charge in [-0.25, -0.2) is 0 Å². The first-order chi connectivity index (χ1) is 15.7. The lowest BCUT2D eigenvalue weighted by Crippen LogP contribution is -2.32. The minimum absolute atomic E-state index is 0.0490. The maximum Gasteiger partial charge on any atom is 0.233 e. The summed E-state index contributed by atoms with van der Waals surface area (Å²) >= 11 is 1.41. The molecule has 8 heteroatoms. The molecule has 0 saturated carbocycles. The number of aromatic nitrogens is 3. The average molecular weight is 452 g/mol. The van der Waals surface area contributed by atoms with Crippen LogP contribution in [0.25, 0.3) is 5.69 Å². The standard InChI is InChI=1S/C24H29N5O2S/c1-27(17-19-11-5-3-6-12-19)22(30)18-32-24-26-25-23(28-15-9-4-10-16-28)29(24)20-13-7-8-14-21(20)31-2/h3,5-8,11-14H,4,9-10,15-18H2,1-2H3. The van der Waals surface area contributed by atoms with Gasteiger partial charge in [0.25, 0.3) is 0 Å². The van der Waals surface area contributed by atoms with Crippen molar-refractivity contribution in [3.05, 3.63) is 60.2 Å². The molecule has 0 atom stereocenters. The van der Waals surface area contributed by atoms with Gasteiger partial charge in [-0.1, -0.05) is 54.2 Å². The van der Waals surface area contributed by atoms with Crippen LogP contribution in [-0.2, 0) is 11.3 Å². The summed E-state index contributed by atoms with van der Waals surface area (Å²) in [5.41, 5.74) is 1.99. The molecule has 0 bridgehead atoms. The monoisotopic (exact) mass is 451 g/mol. The van der Waals surface area contributed by atoms with E-state index < -0.39 is 0 Å². The number of para-hydroxylation sites is 2. The van der Waals surface area contributed by atoms with Crippen molar-refractivity contribution in [1.29, 1.82) is 0 Å². The molecule has 0 N–H and O–H groups in total. The Morgan fingerprint density at radius 3 is 2.50 bits per heavy atom. The Morgan fingerprint density at radius 2 is 1.75 bits per heavy atom. The van der Waals surface area contributed by atoms with Crippen molar-refractivity contribution in [2.24, 2.45) is 0 Å². The van der Waals surface area contributed by atoms with Crippen molar-refractivity contribution in [3.8, 4) is 11.4 Å². The molecular weight excluding hydrogens is 422 g/mol. The predicted molar refractivity (Wildman–Crippen MR) is 128 cm³/mol. The Morgan fingerprint density at radius 1 is 1.03 bits per heavy atom. The Bertz CT molecular complexity index is 1030. The topological polar surface area (TPSA) is 63.5 Å². The number of hydrogen-bond acceptors (Lipinski definition) is 6. The third-order valence-corrected chi connectivity index (χ3v) is 6.51. The van der Waals surface area contributed by atoms with Crippen molar-refractivity contribution in [2.75, 3.05) is 37.9 Å². The van der Waals surface area contributed by atoms with Crippen LogP contribution in [-0.4, -0.2) is 58.6 Å². The molecule has 0 aliphatic carbocycles. The molecule has 1 fully saturated rings. The minimum Gasteiger partial charge on any atom is -0.495 e. The second-order valence-electron chi connectivity index (χ2n) is 7.86. The second-order valence-corrected chi connectivity index (χ2v) is 8.80. The van der Waals surface area contributed by atoms with Gasteiger partial charge in [-0.15, -0.1) is 10.2 Å². The molecule has 2 aromatic carbocycles. The summed E-state index contributed by atoms with van der Waals surface area (Å²) in [5.74, 6) is 1.89. The lowest BCUT2D eigenvalue weighted by Gasteiger charge is -2.28. The van der Waals surface area contributed by atoms with E-state index in [1.165, 1.54) is 18.2 Å². The van der Waals surface area contributed by atoms with Crippen LogP contribution in [0.5, 0.6) is 5.75 Å². The molecule has 0 unspecified atom stereocenters. The molecule has 1 aliphatic rings. The lowest BCUT2D eigenvalue weighted by molar-refractivity contribution is -0.127. The average Bonchev–Trinajstić information content (AvgIpc) is 3.27. The van der Waals surface area contributed by atoms with E-state index in [0.29, 0.717) is 11.7 Å². The highest BCUT2D eigenvalue weighted by Crippen LogP contribution is 2.32. The number of nitrogens with zero attached hydrogens (tertiary/aromatic N) is 5. The molecule has 1 amide bonds. The Kier molecular flexibility index (Phi) is 7.32. The van der Waals surface area contributed by atoms with E-state index in [1.54, 1.807) is 12.0 Å². The van der Waals surface area contributed by atoms with Gasteiger partial charge in [-0.3, -0.25) is 9.36 Å². The summed E-state index contributed by atoms with van der Waals surface area (Å²) in [4.78, 5) is 16.8. The zero-order valence-corrected chi connectivity index (χ0v) is 19.4. The number of benzene rings is 2. The number of carbonyl (C=O) groups is 1. The molecule has 1 aliphatic heterocycles. The molecule has 168 valence electrons. The summed E-state index contributed by atoms with van der Waals surface area (Å²) in [5, 5.41) is 9.68. The number of piperidine rings is 1. The molecular formula is C24H29N5O2S. The molecule has 1 aromatic heterocycles. The van der Waals surface area contributed by atoms with E-state index in [1.807, 2.05) is 66.2 Å². The summed E-state index contributed by atoms with van der Waals surface area (Å²) in [7, 11) is 3.50. The van der Waals surface area contributed by atoms with Crippen LogP contribution in [0.15, 0.2) is 59.8 Å². The Hall–Kier alpha value is -3.00. The number of amides is 1. The van der Waals surface area contributed by atoms with Crippen LogP contribution in [0, 0.1) is 0 Å². The molecule has 1 saturated heterocycles. The first kappa shape index (κ1) is 22.2. The number of anilines is 1. The van der Waals surface area contributed by atoms with Crippen LogP contribution in [0.4, 0.5) is 5.95 Å². The summed E-state index contributed by atoms with van der Waals surface area (Å²) in [6.07, 6.45) is 3.53. The number of methoxy groups -OCH3 is 1. The van der Waals surface area contributed by atoms with Crippen LogP contribution in [0.2, 0.25) is 0 Å². The maximum absolute atomic E-state index is 12.8. The van der Waals surface area contributed by atoms with E-state index in [0.717, 1.165) is 48.9 Å². The Balaban J connectivity index is 1.55. The lowest BCUT2D eigenvalue weighted by atomic mass is 10.1. The maximum atomic E-state index is 12.8. The van der Waals surface area contributed by atoms with Gasteiger partial charge in [-0.2, -0.15) is 0 Å². The largest absolute Gasteiger partial charge is 0.495 e. The highest BCUT2D eigenvalue weighted by Gasteiger charge is 2.24. The molecule has 0 spiro atoms. The molecule has 32 heavy (non-hydrogen) atoms. The van der Waals surface area contributed by atoms with Crippen molar-refractivity contribution in [2.45, 2.75) is 31.0 Å². The van der Waals surface area contributed by atoms with Gasteiger partial charge in [0.05, 0.1) is 18.6 Å². The van der Waals surface area contributed by atoms with Crippen LogP contribution >= 0.6 is 11.8 Å². The first-order valence-corrected chi connectivity index (χ1v) is 11.9. The fourth-order valence-electron chi connectivity index (χ4n) is 3.86. The normalized spacial score (nSPS) is 13.8. The van der Waals surface area contributed by atoms with Crippen LogP contribution in [0.3, 0.4) is 0 Å². The smallest absolute Gasteiger partial charge is 0.233 e. The first-order valence-electron chi connectivity index (χ1n) is 10.9. The number of thioether (sulfide) groups is 1. The van der Waals surface area contributed by atoms with Crippen molar-refractivity contribution in [1.82, 2.24) is 19.7 Å². The Labute approximate surface area is 193 Å². The number of ether oxygens (including phenoxy) is 1. The molecule has 2 heterocycles. The van der Waals surface area contributed by atoms with Gasteiger partial charge >= 0.3 is 0 Å². The third-order valence-electron chi connectivity index (χ3n) is 5.59. The zero-order chi connectivity index (χ0) is 22.3. The molecule has 4 rings (SSSR count). The summed E-state index contributed by atoms with van der Waals surface area (Å²) in [6, 6.07) is 17.9. The third kappa shape index (κ3) is 5.07.